The molecule has 0 spiro atoms. The average molecular weight is 1360 g/mol. The number of aryl methyl sites for hydroxylation is 4. The highest BCUT2D eigenvalue weighted by Crippen LogP contribution is 2.29. The van der Waals surface area contributed by atoms with E-state index >= 15 is 0 Å². The summed E-state index contributed by atoms with van der Waals surface area (Å²) in [5.41, 5.74) is 21.5. The van der Waals surface area contributed by atoms with Crippen molar-refractivity contribution < 1.29 is 43.2 Å². The zero-order valence-electron chi connectivity index (χ0n) is 61.5. The number of nitrogens with one attached hydrogen (secondary N) is 5. The van der Waals surface area contributed by atoms with Gasteiger partial charge in [0.1, 0.15) is 37.1 Å². The molecule has 0 aromatic heterocycles. The number of aliphatic hydroxyl groups excluding tert-OH is 1. The lowest BCUT2D eigenvalue weighted by Crippen LogP contribution is -2.13. The zero-order chi connectivity index (χ0) is 72.7. The maximum atomic E-state index is 12.2. The maximum Gasteiger partial charge on any atom is 0.224 e. The highest BCUT2D eigenvalue weighted by Gasteiger charge is 2.18. The highest BCUT2D eigenvalue weighted by molar-refractivity contribution is 5.93. The number of methoxy groups -OCH3 is 1. The highest BCUT2D eigenvalue weighted by atomic mass is 16.5. The predicted molar refractivity (Wildman–Crippen MR) is 411 cm³/mol. The summed E-state index contributed by atoms with van der Waals surface area (Å²) in [6.07, 6.45) is 5.80. The van der Waals surface area contributed by atoms with Gasteiger partial charge in [-0.1, -0.05) is 204 Å². The molecule has 0 bridgehead atoms. The molecule has 9 rings (SSSR count). The van der Waals surface area contributed by atoms with Crippen LogP contribution in [0.2, 0.25) is 0 Å². The molecule has 4 amide bonds. The van der Waals surface area contributed by atoms with Gasteiger partial charge >= 0.3 is 0 Å². The molecule has 1 aliphatic rings. The summed E-state index contributed by atoms with van der Waals surface area (Å²) in [6, 6.07) is 62.1. The van der Waals surface area contributed by atoms with Gasteiger partial charge in [0.15, 0.2) is 0 Å². The summed E-state index contributed by atoms with van der Waals surface area (Å²) < 4.78 is 21.3. The first-order chi connectivity index (χ1) is 47.6. The van der Waals surface area contributed by atoms with Gasteiger partial charge in [-0.3, -0.25) is 19.2 Å². The lowest BCUT2D eigenvalue weighted by Gasteiger charge is -2.19. The number of carbonyl (C=O) groups is 4. The van der Waals surface area contributed by atoms with Gasteiger partial charge in [0.05, 0.1) is 13.2 Å². The molecular weight excluding hydrogens is 1250 g/mol. The number of nitrogens with two attached hydrogens (primary N) is 1. The average Bonchev–Trinajstić information content (AvgIpc) is 1.70. The van der Waals surface area contributed by atoms with Crippen LogP contribution in [-0.4, -0.2) is 82.0 Å². The van der Waals surface area contributed by atoms with Crippen molar-refractivity contribution in [3.8, 4) is 17.2 Å². The molecule has 0 saturated heterocycles. The van der Waals surface area contributed by atoms with Crippen LogP contribution in [0.1, 0.15) is 159 Å². The molecule has 8 aromatic carbocycles. The van der Waals surface area contributed by atoms with Crippen LogP contribution in [0.25, 0.3) is 0 Å². The predicted octanol–water partition coefficient (Wildman–Crippen LogP) is 16.9. The third-order valence-corrected chi connectivity index (χ3v) is 16.6. The molecule has 0 radical (unpaired) electrons. The number of benzene rings is 8. The van der Waals surface area contributed by atoms with Gasteiger partial charge in [-0.15, -0.1) is 0 Å². The number of rotatable bonds is 26. The van der Waals surface area contributed by atoms with Crippen LogP contribution < -0.4 is 46.5 Å². The summed E-state index contributed by atoms with van der Waals surface area (Å²) in [5, 5.41) is 23.8. The number of anilines is 5. The van der Waals surface area contributed by atoms with Crippen molar-refractivity contribution in [2.45, 2.75) is 163 Å². The van der Waals surface area contributed by atoms with Crippen molar-refractivity contribution in [3.05, 3.63) is 238 Å². The Kier molecular flexibility index (Phi) is 31.5. The molecular formula is C85H110N6O9. The minimum Gasteiger partial charge on any atom is -0.492 e. The Labute approximate surface area is 595 Å². The Morgan fingerprint density at radius 1 is 0.400 bits per heavy atom. The Hall–Kier alpha value is -9.28. The summed E-state index contributed by atoms with van der Waals surface area (Å²) in [5.74, 6) is 2.09. The van der Waals surface area contributed by atoms with Crippen LogP contribution in [-0.2, 0) is 77.7 Å². The number of fused-ring (bicyclic) bond motifs is 1. The standard InChI is InChI=1S/C22H29NO3.C21H28N2O2.C21H26N2O.C21H27NO3/c1-22(2,3)18-11-8-17(9-12-18)10-13-21(24)23-19-6-5-7-20(16-19)26-15-14-25-4;1-21(2,3)17-10-7-16(8-11-17)9-12-20(24)23-18-5-4-6-19(15-18)25-14-13-22;1-21(2,3)17-8-4-15(5-9-17)6-11-20(24)23-18-10-7-16-12-13-22-19(16)14-18;1-21(2,3)17-10-7-16(8-11-17)9-12-20(24)22-18-5-4-6-19(15-18)25-14-13-23/h5-9,11-12,16H,10,13-15H2,1-4H3,(H,23,24);4-8,10-11,15H,9,12-14,22H2,1-3H3,(H,23,24);4-5,7-10,14,22H,6,11-13H2,1-3H3,(H,23,24);4-8,10-11,15,23H,9,12-14H2,1-3H3,(H,22,24). The Balaban J connectivity index is 0.000000210. The fraction of sp³-hybridized carbons (Fsp3) is 0.388. The van der Waals surface area contributed by atoms with E-state index in [0.717, 1.165) is 66.3 Å². The molecule has 1 aliphatic heterocycles. The molecule has 0 unspecified atom stereocenters. The van der Waals surface area contributed by atoms with Gasteiger partial charge in [-0.2, -0.15) is 0 Å². The largest absolute Gasteiger partial charge is 0.492 e. The number of carbonyl (C=O) groups excluding carboxylic acids is 4. The summed E-state index contributed by atoms with van der Waals surface area (Å²) in [6.45, 7) is 29.5. The first-order valence-electron chi connectivity index (χ1n) is 35.0. The number of hydrogen-bond acceptors (Lipinski definition) is 11. The Morgan fingerprint density at radius 3 is 1.01 bits per heavy atom. The van der Waals surface area contributed by atoms with Crippen LogP contribution in [0.4, 0.5) is 28.4 Å². The first-order valence-corrected chi connectivity index (χ1v) is 35.0. The van der Waals surface area contributed by atoms with E-state index < -0.39 is 0 Å². The van der Waals surface area contributed by atoms with Gasteiger partial charge in [-0.05, 0) is 152 Å². The van der Waals surface area contributed by atoms with Gasteiger partial charge in [0.25, 0.3) is 0 Å². The van der Waals surface area contributed by atoms with Gasteiger partial charge < -0.3 is 56.4 Å². The lowest BCUT2D eigenvalue weighted by molar-refractivity contribution is -0.117. The van der Waals surface area contributed by atoms with Gasteiger partial charge in [-0.25, -0.2) is 0 Å². The van der Waals surface area contributed by atoms with E-state index in [1.165, 1.54) is 44.5 Å². The van der Waals surface area contributed by atoms with Crippen molar-refractivity contribution in [2.24, 2.45) is 5.73 Å². The molecule has 8 N–H and O–H groups in total. The van der Waals surface area contributed by atoms with Gasteiger partial charge in [0.2, 0.25) is 23.6 Å². The monoisotopic (exact) mass is 1360 g/mol. The fourth-order valence-corrected chi connectivity index (χ4v) is 10.6. The SMILES string of the molecule is CC(C)(C)c1ccc(CCC(=O)Nc2ccc3c(c2)NCC3)cc1.CC(C)(C)c1ccc(CCC(=O)Nc2cccc(OCCN)c2)cc1.CC(C)(C)c1ccc(CCC(=O)Nc2cccc(OCCO)c2)cc1.COCCOc1cccc(NC(=O)CCc2ccc(C(C)(C)C)cc2)c1. The second-order valence-electron chi connectivity index (χ2n) is 29.2. The lowest BCUT2D eigenvalue weighted by atomic mass is 9.86. The van der Waals surface area contributed by atoms with E-state index in [0.29, 0.717) is 75.7 Å². The second kappa shape index (κ2) is 39.5. The van der Waals surface area contributed by atoms with Crippen LogP contribution in [0.15, 0.2) is 188 Å². The van der Waals surface area contributed by atoms with E-state index in [1.54, 1.807) is 19.2 Å². The van der Waals surface area contributed by atoms with Crippen molar-refractivity contribution in [3.63, 3.8) is 0 Å². The molecule has 0 fully saturated rings. The van der Waals surface area contributed by atoms with Crippen LogP contribution in [0.5, 0.6) is 17.2 Å². The van der Waals surface area contributed by atoms with Crippen molar-refractivity contribution in [2.75, 3.05) is 79.8 Å². The van der Waals surface area contributed by atoms with Crippen molar-refractivity contribution in [1.29, 1.82) is 0 Å². The third kappa shape index (κ3) is 29.3. The number of aliphatic hydroxyl groups is 1. The number of hydrogen-bond donors (Lipinski definition) is 7. The summed E-state index contributed by atoms with van der Waals surface area (Å²) >= 11 is 0. The number of ether oxygens (including phenoxy) is 4. The Bertz CT molecular complexity index is 3680. The van der Waals surface area contributed by atoms with Crippen molar-refractivity contribution in [1.82, 2.24) is 0 Å². The molecule has 15 nitrogen and oxygen atoms in total. The maximum absolute atomic E-state index is 12.2. The quantitative estimate of drug-likeness (QED) is 0.0254. The summed E-state index contributed by atoms with van der Waals surface area (Å²) in [4.78, 5) is 48.7. The molecule has 8 aromatic rings. The molecule has 534 valence electrons. The normalized spacial score (nSPS) is 11.7. The molecule has 15 heteroatoms. The van der Waals surface area contributed by atoms with Crippen LogP contribution >= 0.6 is 0 Å². The topological polar surface area (TPSA) is 212 Å². The Morgan fingerprint density at radius 2 is 0.710 bits per heavy atom. The minimum absolute atomic E-state index is 0.000982. The smallest absolute Gasteiger partial charge is 0.224 e. The van der Waals surface area contributed by atoms with Crippen LogP contribution in [0.3, 0.4) is 0 Å². The van der Waals surface area contributed by atoms with Crippen molar-refractivity contribution >= 4 is 52.1 Å². The van der Waals surface area contributed by atoms with E-state index in [9.17, 15) is 19.2 Å². The van der Waals surface area contributed by atoms with Crippen LogP contribution in [0, 0.1) is 0 Å². The molecule has 0 saturated carbocycles. The van der Waals surface area contributed by atoms with E-state index in [1.807, 2.05) is 72.8 Å². The van der Waals surface area contributed by atoms with Gasteiger partial charge in [0, 0.05) is 92.5 Å². The number of amides is 4. The molecule has 1 heterocycles. The van der Waals surface area contributed by atoms with E-state index in [2.05, 4.69) is 213 Å². The molecule has 100 heavy (non-hydrogen) atoms. The first kappa shape index (κ1) is 79.7. The summed E-state index contributed by atoms with van der Waals surface area (Å²) in [7, 11) is 1.64. The zero-order valence-corrected chi connectivity index (χ0v) is 61.5. The van der Waals surface area contributed by atoms with E-state index in [4.69, 9.17) is 29.8 Å². The molecule has 0 aliphatic carbocycles. The fourth-order valence-electron chi connectivity index (χ4n) is 10.6. The van der Waals surface area contributed by atoms with E-state index in [-0.39, 0.29) is 58.5 Å². The minimum atomic E-state index is -0.0371. The molecule has 0 atom stereocenters. The second-order valence-corrected chi connectivity index (χ2v) is 29.2. The third-order valence-electron chi connectivity index (χ3n) is 16.6.